The molecule has 0 fully saturated rings. The van der Waals surface area contributed by atoms with Crippen molar-refractivity contribution >= 4 is 66.9 Å². The number of rotatable bonds is 4. The van der Waals surface area contributed by atoms with Crippen molar-refractivity contribution in [2.24, 2.45) is 0 Å². The maximum atomic E-state index is 6.41. The lowest BCUT2D eigenvalue weighted by Crippen LogP contribution is -2.21. The second-order valence-electron chi connectivity index (χ2n) is 13.1. The lowest BCUT2D eigenvalue weighted by molar-refractivity contribution is 0.572. The largest absolute Gasteiger partial charge is 0.456 e. The van der Waals surface area contributed by atoms with Gasteiger partial charge in [0, 0.05) is 60.6 Å². The van der Waals surface area contributed by atoms with Gasteiger partial charge >= 0.3 is 0 Å². The van der Waals surface area contributed by atoms with E-state index in [0.717, 1.165) is 84.6 Å². The number of benzene rings is 6. The number of fused-ring (bicyclic) bond motifs is 9. The molecule has 0 aliphatic heterocycles. The van der Waals surface area contributed by atoms with Crippen LogP contribution in [-0.2, 0) is 0 Å². The molecule has 0 atom stereocenters. The summed E-state index contributed by atoms with van der Waals surface area (Å²) >= 11 is 0. The van der Waals surface area contributed by atoms with E-state index in [0.29, 0.717) is 17.5 Å². The zero-order valence-electron chi connectivity index (χ0n) is 27.4. The molecule has 51 heavy (non-hydrogen) atoms. The van der Waals surface area contributed by atoms with Gasteiger partial charge in [0.2, 0.25) is 0 Å². The Hall–Kier alpha value is -6.79. The Bertz CT molecular complexity index is 3150. The van der Waals surface area contributed by atoms with E-state index in [2.05, 4.69) is 89.5 Å². The minimum absolute atomic E-state index is 0.594. The van der Waals surface area contributed by atoms with Gasteiger partial charge in [0.1, 0.15) is 22.2 Å². The van der Waals surface area contributed by atoms with Crippen LogP contribution in [0, 0.1) is 0 Å². The zero-order chi connectivity index (χ0) is 33.5. The summed E-state index contributed by atoms with van der Waals surface area (Å²) in [6, 6.07) is 45.8. The molecule has 4 aromatic heterocycles. The van der Waals surface area contributed by atoms with Gasteiger partial charge in [-0.1, -0.05) is 97.1 Å². The van der Waals surface area contributed by atoms with Crippen LogP contribution in [0.1, 0.15) is 12.8 Å². The van der Waals surface area contributed by atoms with Crippen LogP contribution in [-0.4, -0.2) is 19.5 Å². The van der Waals surface area contributed by atoms with Crippen LogP contribution in [0.5, 0.6) is 0 Å². The van der Waals surface area contributed by atoms with Gasteiger partial charge in [0.15, 0.2) is 17.5 Å². The van der Waals surface area contributed by atoms with Gasteiger partial charge in [-0.05, 0) is 55.3 Å². The first kappa shape index (κ1) is 28.1. The van der Waals surface area contributed by atoms with E-state index < -0.39 is 0 Å². The average molecular weight is 657 g/mol. The first-order valence-electron chi connectivity index (χ1n) is 17.3. The molecule has 6 aromatic carbocycles. The molecule has 1 aliphatic carbocycles. The van der Waals surface area contributed by atoms with Crippen molar-refractivity contribution in [1.29, 1.82) is 0 Å². The molecule has 0 radical (unpaired) electrons. The normalized spacial score (nSPS) is 12.9. The van der Waals surface area contributed by atoms with Crippen molar-refractivity contribution in [2.45, 2.75) is 12.8 Å². The molecule has 0 saturated heterocycles. The number of hydrogen-bond acceptors (Lipinski definition) is 5. The van der Waals surface area contributed by atoms with Crippen LogP contribution in [0.15, 0.2) is 142 Å². The third-order valence-electron chi connectivity index (χ3n) is 10.1. The highest BCUT2D eigenvalue weighted by Crippen LogP contribution is 2.38. The van der Waals surface area contributed by atoms with Crippen LogP contribution in [0.4, 0.5) is 0 Å². The fourth-order valence-corrected chi connectivity index (χ4v) is 7.77. The summed E-state index contributed by atoms with van der Waals surface area (Å²) in [5.41, 5.74) is 9.45. The highest BCUT2D eigenvalue weighted by atomic mass is 16.3. The van der Waals surface area contributed by atoms with Gasteiger partial charge in [-0.2, -0.15) is 0 Å². The Morgan fingerprint density at radius 1 is 0.471 bits per heavy atom. The van der Waals surface area contributed by atoms with Crippen molar-refractivity contribution in [1.82, 2.24) is 19.5 Å². The molecule has 0 saturated carbocycles. The quantitative estimate of drug-likeness (QED) is 0.189. The van der Waals surface area contributed by atoms with Crippen LogP contribution >= 0.6 is 0 Å². The van der Waals surface area contributed by atoms with Crippen LogP contribution < -0.4 is 10.6 Å². The van der Waals surface area contributed by atoms with Gasteiger partial charge in [0.25, 0.3) is 0 Å². The number of nitrogens with zero attached hydrogens (tertiary/aromatic N) is 4. The van der Waals surface area contributed by atoms with E-state index in [4.69, 9.17) is 23.8 Å². The fraction of sp³-hybridized carbons (Fsp3) is 0.0444. The summed E-state index contributed by atoms with van der Waals surface area (Å²) in [6.07, 6.45) is 6.55. The number of para-hydroxylation sites is 2. The molecular weight excluding hydrogens is 629 g/mol. The zero-order valence-corrected chi connectivity index (χ0v) is 27.4. The molecule has 1 aliphatic rings. The number of furan rings is 2. The highest BCUT2D eigenvalue weighted by Gasteiger charge is 2.20. The van der Waals surface area contributed by atoms with E-state index in [1.165, 1.54) is 16.0 Å². The minimum Gasteiger partial charge on any atom is -0.456 e. The lowest BCUT2D eigenvalue weighted by Gasteiger charge is -2.12. The van der Waals surface area contributed by atoms with Crippen LogP contribution in [0.25, 0.3) is 107 Å². The van der Waals surface area contributed by atoms with Gasteiger partial charge in [-0.15, -0.1) is 0 Å². The third-order valence-corrected chi connectivity index (χ3v) is 10.1. The lowest BCUT2D eigenvalue weighted by atomic mass is 10.1. The van der Waals surface area contributed by atoms with E-state index >= 15 is 0 Å². The standard InChI is InChI=1S/C45H28N4O2/c1-2-12-27(13-3-1)43-46-44(48-45(47-43)33-19-11-23-40-42(33)32-18-6-9-22-39(32)50-40)28-14-10-15-29(24-28)49-36-20-7-4-16-30(36)34-25-35-31-17-5-8-21-38(31)51-41(35)26-37(34)49/h1-4,6-7,9-26H,5,8H2. The Labute approximate surface area is 291 Å². The predicted molar refractivity (Wildman–Crippen MR) is 205 cm³/mol. The van der Waals surface area contributed by atoms with Crippen LogP contribution in [0.3, 0.4) is 0 Å². The van der Waals surface area contributed by atoms with Crippen LogP contribution in [0.2, 0.25) is 0 Å². The molecule has 0 unspecified atom stereocenters. The monoisotopic (exact) mass is 656 g/mol. The Morgan fingerprint density at radius 3 is 2.12 bits per heavy atom. The Balaban J connectivity index is 1.14. The molecule has 0 spiro atoms. The van der Waals surface area contributed by atoms with E-state index in [9.17, 15) is 0 Å². The SMILES string of the molecule is C1=c2oc3cc4c(cc3c2=CCC1)c1ccccc1n4-c1cccc(-c2nc(-c3ccccc3)nc(-c3cccc4oc5ccccc5c34)n2)c1. The molecule has 240 valence electrons. The molecular formula is C45H28N4O2. The van der Waals surface area contributed by atoms with Gasteiger partial charge in [-0.25, -0.2) is 15.0 Å². The highest BCUT2D eigenvalue weighted by molar-refractivity contribution is 6.13. The van der Waals surface area contributed by atoms with Crippen molar-refractivity contribution in [3.05, 3.63) is 144 Å². The van der Waals surface area contributed by atoms with Gasteiger partial charge in [0.05, 0.1) is 11.0 Å². The van der Waals surface area contributed by atoms with Gasteiger partial charge < -0.3 is 13.4 Å². The van der Waals surface area contributed by atoms with Crippen molar-refractivity contribution in [3.63, 3.8) is 0 Å². The Kier molecular flexibility index (Phi) is 5.98. The summed E-state index contributed by atoms with van der Waals surface area (Å²) < 4.78 is 15.0. The molecule has 10 aromatic rings. The van der Waals surface area contributed by atoms with E-state index in [1.54, 1.807) is 0 Å². The van der Waals surface area contributed by atoms with Crippen molar-refractivity contribution in [3.8, 4) is 39.9 Å². The van der Waals surface area contributed by atoms with E-state index in [1.807, 2.05) is 60.7 Å². The fourth-order valence-electron chi connectivity index (χ4n) is 7.77. The molecule has 4 heterocycles. The molecule has 0 amide bonds. The summed E-state index contributed by atoms with van der Waals surface area (Å²) in [6.45, 7) is 0. The first-order valence-corrected chi connectivity index (χ1v) is 17.3. The second kappa shape index (κ2) is 10.9. The summed E-state index contributed by atoms with van der Waals surface area (Å²) in [5.74, 6) is 1.80. The smallest absolute Gasteiger partial charge is 0.164 e. The maximum Gasteiger partial charge on any atom is 0.164 e. The molecule has 0 N–H and O–H groups in total. The maximum absolute atomic E-state index is 6.41. The van der Waals surface area contributed by atoms with E-state index in [-0.39, 0.29) is 0 Å². The molecule has 6 heteroatoms. The molecule has 6 nitrogen and oxygen atoms in total. The summed E-state index contributed by atoms with van der Waals surface area (Å²) in [4.78, 5) is 15.3. The number of hydrogen-bond donors (Lipinski definition) is 0. The third kappa shape index (κ3) is 4.33. The second-order valence-corrected chi connectivity index (χ2v) is 13.1. The molecule has 11 rings (SSSR count). The van der Waals surface area contributed by atoms with Crippen molar-refractivity contribution < 1.29 is 8.83 Å². The predicted octanol–water partition coefficient (Wildman–Crippen LogP) is 9.97. The molecule has 0 bridgehead atoms. The van der Waals surface area contributed by atoms with Gasteiger partial charge in [-0.3, -0.25) is 0 Å². The average Bonchev–Trinajstić information content (AvgIpc) is 3.86. The number of aromatic nitrogens is 4. The minimum atomic E-state index is 0.594. The summed E-state index contributed by atoms with van der Waals surface area (Å²) in [5, 5.41) is 6.78. The summed E-state index contributed by atoms with van der Waals surface area (Å²) in [7, 11) is 0. The van der Waals surface area contributed by atoms with Crippen molar-refractivity contribution in [2.75, 3.05) is 0 Å². The Morgan fingerprint density at radius 2 is 1.20 bits per heavy atom. The first-order chi connectivity index (χ1) is 25.3. The topological polar surface area (TPSA) is 69.9 Å².